The van der Waals surface area contributed by atoms with E-state index < -0.39 is 5.54 Å². The Morgan fingerprint density at radius 1 is 1.38 bits per heavy atom. The van der Waals surface area contributed by atoms with Crippen LogP contribution in [0.3, 0.4) is 0 Å². The van der Waals surface area contributed by atoms with Crippen LogP contribution in [0.1, 0.15) is 41.0 Å². The summed E-state index contributed by atoms with van der Waals surface area (Å²) >= 11 is 0. The number of rotatable bonds is 3. The molecule has 5 nitrogen and oxygen atoms in total. The zero-order valence-corrected chi connectivity index (χ0v) is 15.5. The predicted octanol–water partition coefficient (Wildman–Crippen LogP) is 3.02. The van der Waals surface area contributed by atoms with E-state index in [4.69, 9.17) is 4.74 Å². The summed E-state index contributed by atoms with van der Waals surface area (Å²) in [6.07, 6.45) is 8.56. The van der Waals surface area contributed by atoms with Gasteiger partial charge in [-0.2, -0.15) is 0 Å². The minimum atomic E-state index is -1.23. The van der Waals surface area contributed by atoms with Gasteiger partial charge in [-0.25, -0.2) is 0 Å². The molecule has 1 heterocycles. The van der Waals surface area contributed by atoms with Gasteiger partial charge in [0.15, 0.2) is 17.1 Å². The number of hydrogen-bond acceptors (Lipinski definition) is 4. The summed E-state index contributed by atoms with van der Waals surface area (Å²) in [5, 5.41) is 16.6. The number of methoxy groups -OCH3 is 1. The second-order valence-electron chi connectivity index (χ2n) is 7.87. The van der Waals surface area contributed by atoms with Gasteiger partial charge in [-0.15, -0.1) is 0 Å². The molecule has 0 aromatic rings. The fraction of sp³-hybridized carbons (Fsp3) is 0.632. The lowest BCUT2D eigenvalue weighted by Gasteiger charge is -2.36. The number of aliphatic hydroxyl groups excluding tert-OH is 1. The standard InChI is InChI=1S/C19H30N2O3/c1-12-7-9-18(3,4)11-14(13(12)2)21-17(23)19(5)16(22)15(24-6)8-10-20-19/h7-10,12-14,20,22H,11H2,1-6H3,(H,21,23). The van der Waals surface area contributed by atoms with E-state index in [0.29, 0.717) is 17.6 Å². The first-order valence-corrected chi connectivity index (χ1v) is 8.53. The Labute approximate surface area is 144 Å². The summed E-state index contributed by atoms with van der Waals surface area (Å²) < 4.78 is 5.14. The molecule has 2 rings (SSSR count). The van der Waals surface area contributed by atoms with Gasteiger partial charge in [-0.1, -0.05) is 39.8 Å². The topological polar surface area (TPSA) is 70.6 Å². The Hall–Kier alpha value is -1.91. The number of carbonyl (C=O) groups is 1. The quantitative estimate of drug-likeness (QED) is 0.694. The van der Waals surface area contributed by atoms with Crippen molar-refractivity contribution in [2.24, 2.45) is 17.3 Å². The van der Waals surface area contributed by atoms with E-state index in [0.717, 1.165) is 6.42 Å². The van der Waals surface area contributed by atoms with E-state index in [9.17, 15) is 9.90 Å². The summed E-state index contributed by atoms with van der Waals surface area (Å²) in [6, 6.07) is 0.0285. The van der Waals surface area contributed by atoms with Crippen molar-refractivity contribution in [1.29, 1.82) is 0 Å². The number of carbonyl (C=O) groups excluding carboxylic acids is 1. The molecule has 1 aliphatic carbocycles. The van der Waals surface area contributed by atoms with Crippen LogP contribution in [0.25, 0.3) is 0 Å². The van der Waals surface area contributed by atoms with Crippen LogP contribution in [-0.4, -0.2) is 29.7 Å². The highest BCUT2D eigenvalue weighted by Crippen LogP contribution is 2.35. The molecule has 0 saturated carbocycles. The lowest BCUT2D eigenvalue weighted by atomic mass is 9.82. The Morgan fingerprint density at radius 3 is 2.67 bits per heavy atom. The van der Waals surface area contributed by atoms with Crippen LogP contribution in [0.2, 0.25) is 0 Å². The summed E-state index contributed by atoms with van der Waals surface area (Å²) in [4.78, 5) is 13.0. The van der Waals surface area contributed by atoms with E-state index in [1.165, 1.54) is 7.11 Å². The maximum Gasteiger partial charge on any atom is 0.253 e. The number of allylic oxidation sites excluding steroid dienone is 3. The molecule has 24 heavy (non-hydrogen) atoms. The molecule has 2 aliphatic rings. The molecule has 4 atom stereocenters. The van der Waals surface area contributed by atoms with Gasteiger partial charge in [-0.05, 0) is 36.7 Å². The first kappa shape index (κ1) is 18.4. The molecule has 1 amide bonds. The molecule has 0 fully saturated rings. The zero-order valence-electron chi connectivity index (χ0n) is 15.5. The maximum absolute atomic E-state index is 13.0. The first-order chi connectivity index (χ1) is 11.1. The van der Waals surface area contributed by atoms with Crippen LogP contribution in [0.5, 0.6) is 0 Å². The smallest absolute Gasteiger partial charge is 0.253 e. The Bertz CT molecular complexity index is 591. The highest BCUT2D eigenvalue weighted by atomic mass is 16.5. The number of nitrogens with one attached hydrogen (secondary N) is 2. The maximum atomic E-state index is 13.0. The van der Waals surface area contributed by atoms with Crippen molar-refractivity contribution in [2.45, 2.75) is 52.6 Å². The summed E-state index contributed by atoms with van der Waals surface area (Å²) in [5.74, 6) is 0.638. The van der Waals surface area contributed by atoms with Crippen molar-refractivity contribution in [3.63, 3.8) is 0 Å². The second kappa shape index (κ2) is 6.54. The van der Waals surface area contributed by atoms with Crippen LogP contribution in [0, 0.1) is 17.3 Å². The second-order valence-corrected chi connectivity index (χ2v) is 7.87. The number of hydrogen-bond donors (Lipinski definition) is 3. The fourth-order valence-corrected chi connectivity index (χ4v) is 3.29. The third kappa shape index (κ3) is 3.45. The lowest BCUT2D eigenvalue weighted by molar-refractivity contribution is -0.127. The lowest BCUT2D eigenvalue weighted by Crippen LogP contribution is -2.59. The number of dihydropyridines is 1. The molecule has 5 heteroatoms. The minimum absolute atomic E-state index is 0.0212. The van der Waals surface area contributed by atoms with Crippen molar-refractivity contribution in [2.75, 3.05) is 7.11 Å². The highest BCUT2D eigenvalue weighted by molar-refractivity contribution is 5.90. The Morgan fingerprint density at radius 2 is 2.04 bits per heavy atom. The van der Waals surface area contributed by atoms with Gasteiger partial charge in [0.1, 0.15) is 0 Å². The SMILES string of the molecule is COC1=C(O)C(C)(C(=O)NC2CC(C)(C)C=CC(C)C2C)NC=C1. The Balaban J connectivity index is 2.22. The van der Waals surface area contributed by atoms with Crippen LogP contribution in [0.4, 0.5) is 0 Å². The molecule has 1 aliphatic heterocycles. The van der Waals surface area contributed by atoms with Gasteiger partial charge >= 0.3 is 0 Å². The van der Waals surface area contributed by atoms with Crippen molar-refractivity contribution in [3.8, 4) is 0 Å². The molecule has 0 aromatic carbocycles. The molecular formula is C19H30N2O3. The van der Waals surface area contributed by atoms with Crippen LogP contribution in [0.15, 0.2) is 35.9 Å². The largest absolute Gasteiger partial charge is 0.506 e. The molecule has 0 bridgehead atoms. The van der Waals surface area contributed by atoms with Gasteiger partial charge in [0.25, 0.3) is 5.91 Å². The molecule has 4 unspecified atom stereocenters. The summed E-state index contributed by atoms with van der Waals surface area (Å²) in [5.41, 5.74) is -1.21. The molecule has 0 radical (unpaired) electrons. The normalized spacial score (nSPS) is 35.2. The van der Waals surface area contributed by atoms with E-state index in [-0.39, 0.29) is 23.1 Å². The van der Waals surface area contributed by atoms with Gasteiger partial charge in [0, 0.05) is 12.2 Å². The number of ether oxygens (including phenoxy) is 1. The van der Waals surface area contributed by atoms with Crippen LogP contribution >= 0.6 is 0 Å². The number of amides is 1. The van der Waals surface area contributed by atoms with Gasteiger partial charge in [0.2, 0.25) is 0 Å². The van der Waals surface area contributed by atoms with Gasteiger partial charge < -0.3 is 20.5 Å². The van der Waals surface area contributed by atoms with Crippen molar-refractivity contribution in [3.05, 3.63) is 35.9 Å². The van der Waals surface area contributed by atoms with Crippen molar-refractivity contribution in [1.82, 2.24) is 10.6 Å². The van der Waals surface area contributed by atoms with Crippen molar-refractivity contribution < 1.29 is 14.6 Å². The zero-order chi connectivity index (χ0) is 18.1. The van der Waals surface area contributed by atoms with E-state index >= 15 is 0 Å². The Kier molecular flexibility index (Phi) is 5.02. The van der Waals surface area contributed by atoms with Crippen molar-refractivity contribution >= 4 is 5.91 Å². The first-order valence-electron chi connectivity index (χ1n) is 8.53. The molecule has 0 saturated heterocycles. The molecule has 3 N–H and O–H groups in total. The molecular weight excluding hydrogens is 304 g/mol. The third-order valence-corrected chi connectivity index (χ3v) is 5.37. The highest BCUT2D eigenvalue weighted by Gasteiger charge is 2.43. The molecule has 134 valence electrons. The van der Waals surface area contributed by atoms with Gasteiger partial charge in [-0.3, -0.25) is 4.79 Å². The average molecular weight is 334 g/mol. The third-order valence-electron chi connectivity index (χ3n) is 5.37. The molecule has 0 aromatic heterocycles. The number of aliphatic hydroxyl groups is 1. The van der Waals surface area contributed by atoms with Gasteiger partial charge in [0.05, 0.1) is 7.11 Å². The molecule has 0 spiro atoms. The fourth-order valence-electron chi connectivity index (χ4n) is 3.29. The van der Waals surface area contributed by atoms with Crippen LogP contribution < -0.4 is 10.6 Å². The van der Waals surface area contributed by atoms with E-state index in [1.54, 1.807) is 19.2 Å². The monoisotopic (exact) mass is 334 g/mol. The summed E-state index contributed by atoms with van der Waals surface area (Å²) in [6.45, 7) is 10.3. The minimum Gasteiger partial charge on any atom is -0.506 e. The van der Waals surface area contributed by atoms with E-state index in [2.05, 4.69) is 50.5 Å². The average Bonchev–Trinajstić information content (AvgIpc) is 2.62. The summed E-state index contributed by atoms with van der Waals surface area (Å²) in [7, 11) is 1.47. The van der Waals surface area contributed by atoms with E-state index in [1.807, 2.05) is 0 Å². The van der Waals surface area contributed by atoms with Crippen LogP contribution in [-0.2, 0) is 9.53 Å². The predicted molar refractivity (Wildman–Crippen MR) is 95.1 cm³/mol.